The molecule has 5 heteroatoms. The number of hydrogen-bond acceptors (Lipinski definition) is 4. The van der Waals surface area contributed by atoms with Gasteiger partial charge in [0.25, 0.3) is 0 Å². The van der Waals surface area contributed by atoms with Crippen molar-refractivity contribution >= 4 is 22.5 Å². The minimum absolute atomic E-state index is 0.474. The predicted molar refractivity (Wildman–Crippen MR) is 91.0 cm³/mol. The molecule has 0 saturated carbocycles. The summed E-state index contributed by atoms with van der Waals surface area (Å²) in [6, 6.07) is 14.8. The van der Waals surface area contributed by atoms with Gasteiger partial charge in [-0.1, -0.05) is 17.7 Å². The molecule has 0 unspecified atom stereocenters. The second-order valence-corrected chi connectivity index (χ2v) is 5.22. The van der Waals surface area contributed by atoms with Gasteiger partial charge < -0.3 is 14.2 Å². The Hall–Kier alpha value is -2.46. The largest absolute Gasteiger partial charge is 0.494 e. The zero-order chi connectivity index (χ0) is 16.2. The normalized spacial score (nSPS) is 10.6. The molecule has 2 aromatic carbocycles. The van der Waals surface area contributed by atoms with Crippen molar-refractivity contribution in [1.82, 2.24) is 4.98 Å². The number of benzene rings is 2. The van der Waals surface area contributed by atoms with Gasteiger partial charge >= 0.3 is 0 Å². The van der Waals surface area contributed by atoms with E-state index in [0.717, 1.165) is 11.1 Å². The maximum absolute atomic E-state index is 6.14. The van der Waals surface area contributed by atoms with Crippen molar-refractivity contribution in [2.45, 2.75) is 6.92 Å². The van der Waals surface area contributed by atoms with Gasteiger partial charge in [-0.3, -0.25) is 0 Å². The Morgan fingerprint density at radius 1 is 0.957 bits per heavy atom. The molecule has 3 aromatic rings. The van der Waals surface area contributed by atoms with E-state index in [1.807, 2.05) is 49.4 Å². The first-order chi connectivity index (χ1) is 11.2. The van der Waals surface area contributed by atoms with Crippen LogP contribution in [0.3, 0.4) is 0 Å². The zero-order valence-electron chi connectivity index (χ0n) is 12.9. The van der Waals surface area contributed by atoms with Crippen LogP contribution in [0.4, 0.5) is 0 Å². The van der Waals surface area contributed by atoms with Gasteiger partial charge in [0.2, 0.25) is 5.88 Å². The molecule has 1 heterocycles. The first-order valence-electron chi connectivity index (χ1n) is 7.25. The topological polar surface area (TPSA) is 40.6 Å². The second-order valence-electron chi connectivity index (χ2n) is 4.81. The monoisotopic (exact) mass is 329 g/mol. The van der Waals surface area contributed by atoms with Crippen LogP contribution >= 0.6 is 11.6 Å². The molecule has 0 spiro atoms. The molecular formula is C18H16ClNO3. The molecule has 0 aliphatic heterocycles. The summed E-state index contributed by atoms with van der Waals surface area (Å²) < 4.78 is 16.5. The standard InChI is InChI=1S/C18H16ClNO3/c1-3-22-13-6-8-14(9-7-13)23-16-11-5-12-4-10-15(19)18(21-2)17(12)20-16/h4-11H,3H2,1-2H3. The average molecular weight is 330 g/mol. The predicted octanol–water partition coefficient (Wildman–Crippen LogP) is 5.09. The first-order valence-corrected chi connectivity index (χ1v) is 7.63. The van der Waals surface area contributed by atoms with Crippen molar-refractivity contribution < 1.29 is 14.2 Å². The van der Waals surface area contributed by atoms with Crippen LogP contribution in [-0.4, -0.2) is 18.7 Å². The minimum atomic E-state index is 0.474. The number of rotatable bonds is 5. The van der Waals surface area contributed by atoms with E-state index in [1.165, 1.54) is 0 Å². The van der Waals surface area contributed by atoms with Gasteiger partial charge in [-0.05, 0) is 43.3 Å². The number of aromatic nitrogens is 1. The summed E-state index contributed by atoms with van der Waals surface area (Å²) >= 11 is 6.14. The highest BCUT2D eigenvalue weighted by Crippen LogP contribution is 2.34. The Morgan fingerprint density at radius 3 is 2.35 bits per heavy atom. The van der Waals surface area contributed by atoms with Crippen molar-refractivity contribution in [1.29, 1.82) is 0 Å². The summed E-state index contributed by atoms with van der Waals surface area (Å²) in [6.07, 6.45) is 0. The minimum Gasteiger partial charge on any atom is -0.494 e. The van der Waals surface area contributed by atoms with E-state index < -0.39 is 0 Å². The molecular weight excluding hydrogens is 314 g/mol. The number of pyridine rings is 1. The van der Waals surface area contributed by atoms with E-state index in [-0.39, 0.29) is 0 Å². The lowest BCUT2D eigenvalue weighted by atomic mass is 10.2. The summed E-state index contributed by atoms with van der Waals surface area (Å²) in [4.78, 5) is 4.50. The van der Waals surface area contributed by atoms with Crippen LogP contribution in [0, 0.1) is 0 Å². The van der Waals surface area contributed by atoms with Gasteiger partial charge in [0, 0.05) is 11.5 Å². The highest BCUT2D eigenvalue weighted by Gasteiger charge is 2.10. The van der Waals surface area contributed by atoms with Crippen molar-refractivity contribution in [3.8, 4) is 23.1 Å². The lowest BCUT2D eigenvalue weighted by molar-refractivity contribution is 0.339. The smallest absolute Gasteiger partial charge is 0.219 e. The Balaban J connectivity index is 1.91. The number of hydrogen-bond donors (Lipinski definition) is 0. The quantitative estimate of drug-likeness (QED) is 0.654. The van der Waals surface area contributed by atoms with Gasteiger partial charge in [-0.25, -0.2) is 4.98 Å². The van der Waals surface area contributed by atoms with Crippen LogP contribution < -0.4 is 14.2 Å². The highest BCUT2D eigenvalue weighted by molar-refractivity contribution is 6.33. The second kappa shape index (κ2) is 6.75. The maximum Gasteiger partial charge on any atom is 0.219 e. The van der Waals surface area contributed by atoms with E-state index >= 15 is 0 Å². The zero-order valence-corrected chi connectivity index (χ0v) is 13.6. The van der Waals surface area contributed by atoms with Crippen LogP contribution in [0.25, 0.3) is 10.9 Å². The number of fused-ring (bicyclic) bond motifs is 1. The number of halogens is 1. The lowest BCUT2D eigenvalue weighted by Gasteiger charge is -2.10. The summed E-state index contributed by atoms with van der Waals surface area (Å²) in [5, 5.41) is 1.45. The Morgan fingerprint density at radius 2 is 1.65 bits per heavy atom. The maximum atomic E-state index is 6.14. The third kappa shape index (κ3) is 3.32. The van der Waals surface area contributed by atoms with E-state index in [2.05, 4.69) is 4.98 Å². The summed E-state index contributed by atoms with van der Waals surface area (Å²) in [5.41, 5.74) is 0.670. The third-order valence-corrected chi connectivity index (χ3v) is 3.60. The molecule has 1 aromatic heterocycles. The van der Waals surface area contributed by atoms with Crippen molar-refractivity contribution in [3.05, 3.63) is 53.6 Å². The van der Waals surface area contributed by atoms with Crippen molar-refractivity contribution in [3.63, 3.8) is 0 Å². The molecule has 0 fully saturated rings. The SMILES string of the molecule is CCOc1ccc(Oc2ccc3ccc(Cl)c(OC)c3n2)cc1. The molecule has 0 aliphatic carbocycles. The number of methoxy groups -OCH3 is 1. The molecule has 118 valence electrons. The van der Waals surface area contributed by atoms with E-state index in [1.54, 1.807) is 13.2 Å². The molecule has 4 nitrogen and oxygen atoms in total. The van der Waals surface area contributed by atoms with Crippen LogP contribution in [0.1, 0.15) is 6.92 Å². The van der Waals surface area contributed by atoms with E-state index in [9.17, 15) is 0 Å². The van der Waals surface area contributed by atoms with Gasteiger partial charge in [0.1, 0.15) is 17.0 Å². The Bertz CT molecular complexity index is 818. The Kier molecular flexibility index (Phi) is 4.53. The fourth-order valence-corrected chi connectivity index (χ4v) is 2.49. The van der Waals surface area contributed by atoms with Gasteiger partial charge in [-0.15, -0.1) is 0 Å². The summed E-state index contributed by atoms with van der Waals surface area (Å²) in [6.45, 7) is 2.58. The van der Waals surface area contributed by atoms with Crippen LogP contribution in [0.5, 0.6) is 23.1 Å². The summed E-state index contributed by atoms with van der Waals surface area (Å²) in [7, 11) is 1.57. The molecule has 0 N–H and O–H groups in total. The molecule has 0 bridgehead atoms. The van der Waals surface area contributed by atoms with Crippen molar-refractivity contribution in [2.75, 3.05) is 13.7 Å². The fourth-order valence-electron chi connectivity index (χ4n) is 2.26. The average Bonchev–Trinajstić information content (AvgIpc) is 2.57. The highest BCUT2D eigenvalue weighted by atomic mass is 35.5. The van der Waals surface area contributed by atoms with Crippen LogP contribution in [0.15, 0.2) is 48.5 Å². The molecule has 0 saturated heterocycles. The molecule has 3 rings (SSSR count). The fraction of sp³-hybridized carbons (Fsp3) is 0.167. The van der Waals surface area contributed by atoms with Gasteiger partial charge in [0.05, 0.1) is 18.7 Å². The van der Waals surface area contributed by atoms with E-state index in [0.29, 0.717) is 34.5 Å². The number of ether oxygens (including phenoxy) is 3. The molecule has 0 amide bonds. The molecule has 0 atom stereocenters. The molecule has 23 heavy (non-hydrogen) atoms. The number of nitrogens with zero attached hydrogens (tertiary/aromatic N) is 1. The Labute approximate surface area is 139 Å². The van der Waals surface area contributed by atoms with Gasteiger partial charge in [-0.2, -0.15) is 0 Å². The third-order valence-electron chi connectivity index (χ3n) is 3.30. The van der Waals surface area contributed by atoms with Gasteiger partial charge in [0.15, 0.2) is 5.75 Å². The molecule has 0 radical (unpaired) electrons. The summed E-state index contributed by atoms with van der Waals surface area (Å²) in [5.74, 6) is 2.50. The van der Waals surface area contributed by atoms with Crippen LogP contribution in [-0.2, 0) is 0 Å². The molecule has 0 aliphatic rings. The first kappa shape index (κ1) is 15.4. The van der Waals surface area contributed by atoms with Crippen molar-refractivity contribution in [2.24, 2.45) is 0 Å². The van der Waals surface area contributed by atoms with E-state index in [4.69, 9.17) is 25.8 Å². The van der Waals surface area contributed by atoms with Crippen LogP contribution in [0.2, 0.25) is 5.02 Å². The lowest BCUT2D eigenvalue weighted by Crippen LogP contribution is -1.93.